The van der Waals surface area contributed by atoms with E-state index in [9.17, 15) is 14.7 Å². The highest BCUT2D eigenvalue weighted by Crippen LogP contribution is 2.11. The van der Waals surface area contributed by atoms with Gasteiger partial charge in [-0.15, -0.1) is 0 Å². The van der Waals surface area contributed by atoms with Crippen LogP contribution in [-0.4, -0.2) is 32.8 Å². The van der Waals surface area contributed by atoms with Gasteiger partial charge in [-0.25, -0.2) is 4.79 Å². The first-order valence-corrected chi connectivity index (χ1v) is 7.51. The van der Waals surface area contributed by atoms with Crippen LogP contribution in [0.1, 0.15) is 20.3 Å². The second-order valence-electron chi connectivity index (χ2n) is 5.87. The van der Waals surface area contributed by atoms with E-state index < -0.39 is 6.10 Å². The number of aromatic nitrogens is 2. The standard InChI is InChI=1S/C16H23N3O3/c1-11(2)14(20)8-9-17-15(21)10-19-13-7-5-4-6-12(13)18(3)16(19)22/h4-7,11,14,20H,8-10H2,1-3H3,(H,17,21). The van der Waals surface area contributed by atoms with Crippen molar-refractivity contribution in [3.8, 4) is 0 Å². The SMILES string of the molecule is CC(C)C(O)CCNC(=O)Cn1c(=O)n(C)c2ccccc21. The molecule has 6 heteroatoms. The van der Waals surface area contributed by atoms with Crippen LogP contribution in [-0.2, 0) is 18.4 Å². The van der Waals surface area contributed by atoms with Gasteiger partial charge in [0.25, 0.3) is 0 Å². The summed E-state index contributed by atoms with van der Waals surface area (Å²) in [6.07, 6.45) is 0.0778. The molecule has 0 aliphatic rings. The number of rotatable bonds is 6. The van der Waals surface area contributed by atoms with Crippen LogP contribution in [0.5, 0.6) is 0 Å². The van der Waals surface area contributed by atoms with Crippen LogP contribution in [0.25, 0.3) is 11.0 Å². The molecule has 2 aromatic rings. The van der Waals surface area contributed by atoms with E-state index in [1.807, 2.05) is 38.1 Å². The van der Waals surface area contributed by atoms with Gasteiger partial charge in [-0.3, -0.25) is 13.9 Å². The molecule has 1 amide bonds. The van der Waals surface area contributed by atoms with Gasteiger partial charge in [0.2, 0.25) is 5.91 Å². The van der Waals surface area contributed by atoms with Gasteiger partial charge in [0.05, 0.1) is 17.1 Å². The third kappa shape index (κ3) is 3.39. The maximum atomic E-state index is 12.2. The Labute approximate surface area is 129 Å². The Balaban J connectivity index is 2.04. The van der Waals surface area contributed by atoms with Crippen molar-refractivity contribution >= 4 is 16.9 Å². The number of fused-ring (bicyclic) bond motifs is 1. The molecule has 0 fully saturated rings. The molecule has 1 atom stereocenters. The fourth-order valence-corrected chi connectivity index (χ4v) is 2.41. The summed E-state index contributed by atoms with van der Waals surface area (Å²) in [6.45, 7) is 4.25. The molecule has 120 valence electrons. The maximum absolute atomic E-state index is 12.2. The molecule has 22 heavy (non-hydrogen) atoms. The van der Waals surface area contributed by atoms with E-state index in [0.717, 1.165) is 11.0 Å². The van der Waals surface area contributed by atoms with Crippen molar-refractivity contribution in [3.63, 3.8) is 0 Å². The smallest absolute Gasteiger partial charge is 0.329 e. The van der Waals surface area contributed by atoms with Gasteiger partial charge < -0.3 is 10.4 Å². The first kappa shape index (κ1) is 16.3. The lowest BCUT2D eigenvalue weighted by Gasteiger charge is -2.14. The number of imidazole rings is 1. The Morgan fingerprint density at radius 2 is 1.91 bits per heavy atom. The Morgan fingerprint density at radius 3 is 2.55 bits per heavy atom. The molecule has 6 nitrogen and oxygen atoms in total. The molecule has 0 radical (unpaired) electrons. The topological polar surface area (TPSA) is 76.3 Å². The third-order valence-corrected chi connectivity index (χ3v) is 3.89. The second-order valence-corrected chi connectivity index (χ2v) is 5.87. The summed E-state index contributed by atoms with van der Waals surface area (Å²) >= 11 is 0. The molecule has 0 aliphatic heterocycles. The van der Waals surface area contributed by atoms with Gasteiger partial charge in [0.15, 0.2) is 0 Å². The predicted molar refractivity (Wildman–Crippen MR) is 85.7 cm³/mol. The largest absolute Gasteiger partial charge is 0.393 e. The number of hydrogen-bond donors (Lipinski definition) is 2. The highest BCUT2D eigenvalue weighted by molar-refractivity contribution is 5.80. The molecule has 2 N–H and O–H groups in total. The average molecular weight is 305 g/mol. The van der Waals surface area contributed by atoms with Crippen LogP contribution in [0.15, 0.2) is 29.1 Å². The zero-order chi connectivity index (χ0) is 16.3. The van der Waals surface area contributed by atoms with Crippen LogP contribution in [0.2, 0.25) is 0 Å². The summed E-state index contributed by atoms with van der Waals surface area (Å²) in [4.78, 5) is 24.2. The number of aliphatic hydroxyl groups excluding tert-OH is 1. The van der Waals surface area contributed by atoms with E-state index in [0.29, 0.717) is 13.0 Å². The van der Waals surface area contributed by atoms with Gasteiger partial charge >= 0.3 is 5.69 Å². The van der Waals surface area contributed by atoms with Crippen LogP contribution < -0.4 is 11.0 Å². The molecular weight excluding hydrogens is 282 g/mol. The number of aryl methyl sites for hydroxylation is 1. The lowest BCUT2D eigenvalue weighted by Crippen LogP contribution is -2.34. The summed E-state index contributed by atoms with van der Waals surface area (Å²) < 4.78 is 2.99. The third-order valence-electron chi connectivity index (χ3n) is 3.89. The molecular formula is C16H23N3O3. The fourth-order valence-electron chi connectivity index (χ4n) is 2.41. The van der Waals surface area contributed by atoms with Crippen molar-refractivity contribution in [2.45, 2.75) is 32.9 Å². The Morgan fingerprint density at radius 1 is 1.27 bits per heavy atom. The first-order valence-electron chi connectivity index (χ1n) is 7.51. The monoisotopic (exact) mass is 305 g/mol. The molecule has 0 bridgehead atoms. The van der Waals surface area contributed by atoms with Gasteiger partial charge in [-0.2, -0.15) is 0 Å². The van der Waals surface area contributed by atoms with Crippen molar-refractivity contribution in [1.82, 2.24) is 14.5 Å². The lowest BCUT2D eigenvalue weighted by molar-refractivity contribution is -0.121. The summed E-state index contributed by atoms with van der Waals surface area (Å²) in [5, 5.41) is 12.5. The quantitative estimate of drug-likeness (QED) is 0.831. The second kappa shape index (κ2) is 6.79. The highest BCUT2D eigenvalue weighted by Gasteiger charge is 2.14. The molecule has 1 aromatic heterocycles. The summed E-state index contributed by atoms with van der Waals surface area (Å²) in [6, 6.07) is 7.38. The molecule has 1 aromatic carbocycles. The molecule has 0 aliphatic carbocycles. The van der Waals surface area contributed by atoms with Crippen LogP contribution in [0.4, 0.5) is 0 Å². The number of para-hydroxylation sites is 2. The van der Waals surface area contributed by atoms with Crippen LogP contribution in [0, 0.1) is 5.92 Å². The number of carbonyl (C=O) groups excluding carboxylic acids is 1. The van der Waals surface area contributed by atoms with Crippen molar-refractivity contribution in [2.75, 3.05) is 6.54 Å². The molecule has 0 spiro atoms. The number of benzene rings is 1. The van der Waals surface area contributed by atoms with Crippen molar-refractivity contribution < 1.29 is 9.90 Å². The van der Waals surface area contributed by atoms with Crippen molar-refractivity contribution in [2.24, 2.45) is 13.0 Å². The van der Waals surface area contributed by atoms with Gasteiger partial charge in [-0.05, 0) is 24.5 Å². The number of nitrogens with zero attached hydrogens (tertiary/aromatic N) is 2. The zero-order valence-corrected chi connectivity index (χ0v) is 13.2. The van der Waals surface area contributed by atoms with E-state index in [2.05, 4.69) is 5.32 Å². The van der Waals surface area contributed by atoms with Crippen LogP contribution >= 0.6 is 0 Å². The molecule has 1 unspecified atom stereocenters. The van der Waals surface area contributed by atoms with Crippen LogP contribution in [0.3, 0.4) is 0 Å². The van der Waals surface area contributed by atoms with E-state index in [1.54, 1.807) is 7.05 Å². The van der Waals surface area contributed by atoms with Gasteiger partial charge in [0.1, 0.15) is 6.54 Å². The summed E-state index contributed by atoms with van der Waals surface area (Å²) in [7, 11) is 1.69. The number of amides is 1. The lowest BCUT2D eigenvalue weighted by atomic mass is 10.0. The molecule has 0 saturated heterocycles. The molecule has 2 rings (SSSR count). The number of aliphatic hydroxyl groups is 1. The first-order chi connectivity index (χ1) is 10.4. The predicted octanol–water partition coefficient (Wildman–Crippen LogP) is 0.863. The Hall–Kier alpha value is -2.08. The van der Waals surface area contributed by atoms with Gasteiger partial charge in [0, 0.05) is 13.6 Å². The minimum atomic E-state index is -0.430. The number of hydrogen-bond acceptors (Lipinski definition) is 3. The highest BCUT2D eigenvalue weighted by atomic mass is 16.3. The zero-order valence-electron chi connectivity index (χ0n) is 13.2. The summed E-state index contributed by atoms with van der Waals surface area (Å²) in [5.74, 6) is -0.0630. The summed E-state index contributed by atoms with van der Waals surface area (Å²) in [5.41, 5.74) is 1.33. The van der Waals surface area contributed by atoms with Crippen molar-refractivity contribution in [3.05, 3.63) is 34.7 Å². The molecule has 1 heterocycles. The average Bonchev–Trinajstić information content (AvgIpc) is 2.72. The van der Waals surface area contributed by atoms with Crippen molar-refractivity contribution in [1.29, 1.82) is 0 Å². The minimum Gasteiger partial charge on any atom is -0.393 e. The maximum Gasteiger partial charge on any atom is 0.329 e. The van der Waals surface area contributed by atoms with Gasteiger partial charge in [-0.1, -0.05) is 26.0 Å². The number of carbonyl (C=O) groups is 1. The van der Waals surface area contributed by atoms with E-state index >= 15 is 0 Å². The molecule has 0 saturated carbocycles. The fraction of sp³-hybridized carbons (Fsp3) is 0.500. The Kier molecular flexibility index (Phi) is 5.03. The Bertz CT molecular complexity index is 715. The number of nitrogens with one attached hydrogen (secondary N) is 1. The van der Waals surface area contributed by atoms with E-state index in [1.165, 1.54) is 9.13 Å². The normalized spacial score (nSPS) is 12.8. The van der Waals surface area contributed by atoms with E-state index in [-0.39, 0.29) is 24.1 Å². The minimum absolute atomic E-state index is 0.0159. The van der Waals surface area contributed by atoms with E-state index in [4.69, 9.17) is 0 Å².